The number of guanidine groups is 1. The Morgan fingerprint density at radius 2 is 1.97 bits per heavy atom. The Labute approximate surface area is 193 Å². The molecule has 0 aliphatic carbocycles. The number of sulfonamides is 1. The summed E-state index contributed by atoms with van der Waals surface area (Å²) in [4.78, 5) is 6.94. The molecule has 1 atom stereocenters. The molecular formula is C19H39IN4O4S. The van der Waals surface area contributed by atoms with E-state index in [-0.39, 0.29) is 35.8 Å². The lowest BCUT2D eigenvalue weighted by molar-refractivity contribution is -0.0721. The summed E-state index contributed by atoms with van der Waals surface area (Å²) in [5.41, 5.74) is 0. The molecule has 0 amide bonds. The zero-order chi connectivity index (χ0) is 20.2. The molecule has 2 aliphatic heterocycles. The van der Waals surface area contributed by atoms with Gasteiger partial charge in [0.15, 0.2) is 5.96 Å². The third-order valence-electron chi connectivity index (χ3n) is 5.17. The van der Waals surface area contributed by atoms with Crippen LogP contribution >= 0.6 is 24.0 Å². The molecule has 8 nitrogen and oxygen atoms in total. The van der Waals surface area contributed by atoms with Gasteiger partial charge in [-0.2, -0.15) is 0 Å². The molecule has 0 radical (unpaired) electrons. The molecule has 0 aromatic rings. The Kier molecular flexibility index (Phi) is 13.7. The van der Waals surface area contributed by atoms with E-state index < -0.39 is 10.0 Å². The van der Waals surface area contributed by atoms with E-state index in [1.165, 1.54) is 12.8 Å². The van der Waals surface area contributed by atoms with Crippen LogP contribution in [0.5, 0.6) is 0 Å². The van der Waals surface area contributed by atoms with E-state index in [2.05, 4.69) is 26.9 Å². The molecular weight excluding hydrogens is 507 g/mol. The number of ether oxygens (including phenoxy) is 2. The summed E-state index contributed by atoms with van der Waals surface area (Å²) < 4.78 is 37.3. The lowest BCUT2D eigenvalue weighted by atomic mass is 10.1. The molecule has 0 aromatic carbocycles. The topological polar surface area (TPSA) is 92.3 Å². The molecule has 172 valence electrons. The summed E-state index contributed by atoms with van der Waals surface area (Å²) in [7, 11) is -3.12. The van der Waals surface area contributed by atoms with Crippen molar-refractivity contribution in [1.29, 1.82) is 0 Å². The van der Waals surface area contributed by atoms with Crippen molar-refractivity contribution in [3.05, 3.63) is 0 Å². The van der Waals surface area contributed by atoms with Crippen LogP contribution in [0.1, 0.15) is 52.4 Å². The Morgan fingerprint density at radius 3 is 2.59 bits per heavy atom. The zero-order valence-corrected chi connectivity index (χ0v) is 21.0. The maximum atomic E-state index is 11.4. The van der Waals surface area contributed by atoms with E-state index >= 15 is 0 Å². The van der Waals surface area contributed by atoms with Crippen LogP contribution in [-0.2, 0) is 19.5 Å². The molecule has 0 bridgehead atoms. The second-order valence-corrected chi connectivity index (χ2v) is 9.49. The predicted octanol–water partition coefficient (Wildman–Crippen LogP) is 1.95. The zero-order valence-electron chi connectivity index (χ0n) is 17.9. The number of hydrogen-bond acceptors (Lipinski definition) is 5. The molecule has 0 aromatic heterocycles. The first-order valence-electron chi connectivity index (χ1n) is 10.8. The van der Waals surface area contributed by atoms with Gasteiger partial charge in [0, 0.05) is 39.3 Å². The third kappa shape index (κ3) is 10.6. The quantitative estimate of drug-likeness (QED) is 0.189. The minimum absolute atomic E-state index is 0. The summed E-state index contributed by atoms with van der Waals surface area (Å²) in [6.45, 7) is 8.97. The third-order valence-corrected chi connectivity index (χ3v) is 6.57. The number of rotatable bonds is 10. The van der Waals surface area contributed by atoms with Crippen LogP contribution in [0.25, 0.3) is 0 Å². The van der Waals surface area contributed by atoms with Gasteiger partial charge < -0.3 is 19.7 Å². The summed E-state index contributed by atoms with van der Waals surface area (Å²) in [6.07, 6.45) is 6.78. The lowest BCUT2D eigenvalue weighted by Crippen LogP contribution is -2.47. The van der Waals surface area contributed by atoms with Gasteiger partial charge >= 0.3 is 0 Å². The Morgan fingerprint density at radius 1 is 1.21 bits per heavy atom. The van der Waals surface area contributed by atoms with E-state index in [0.29, 0.717) is 32.2 Å². The van der Waals surface area contributed by atoms with E-state index in [0.717, 1.165) is 51.5 Å². The standard InChI is InChI=1S/C19H38N4O4S.HI/c1-3-20-19(21-11-7-12-22-28(24,25)4-2)23-13-9-17(10-14-23)27-16-18-8-5-6-15-26-18;/h17-18,22H,3-16H2,1-2H3,(H,20,21);1H. The fourth-order valence-corrected chi connectivity index (χ4v) is 4.10. The van der Waals surface area contributed by atoms with E-state index in [1.807, 2.05) is 0 Å². The first-order chi connectivity index (χ1) is 13.5. The van der Waals surface area contributed by atoms with Crippen LogP contribution in [0, 0.1) is 0 Å². The lowest BCUT2D eigenvalue weighted by Gasteiger charge is -2.35. The van der Waals surface area contributed by atoms with Gasteiger partial charge in [0.25, 0.3) is 0 Å². The molecule has 2 aliphatic rings. The molecule has 2 heterocycles. The average Bonchev–Trinajstić information content (AvgIpc) is 2.72. The monoisotopic (exact) mass is 546 g/mol. The normalized spacial score (nSPS) is 21.7. The first-order valence-corrected chi connectivity index (χ1v) is 12.4. The smallest absolute Gasteiger partial charge is 0.211 e. The van der Waals surface area contributed by atoms with Crippen molar-refractivity contribution in [2.24, 2.45) is 4.99 Å². The van der Waals surface area contributed by atoms with Gasteiger partial charge in [0.1, 0.15) is 0 Å². The van der Waals surface area contributed by atoms with Gasteiger partial charge in [-0.15, -0.1) is 24.0 Å². The van der Waals surface area contributed by atoms with Gasteiger partial charge in [-0.3, -0.25) is 4.99 Å². The molecule has 0 spiro atoms. The molecule has 0 saturated carbocycles. The highest BCUT2D eigenvalue weighted by atomic mass is 127. The largest absolute Gasteiger partial charge is 0.376 e. The van der Waals surface area contributed by atoms with Gasteiger partial charge in [-0.05, 0) is 52.4 Å². The van der Waals surface area contributed by atoms with Crippen molar-refractivity contribution in [3.8, 4) is 0 Å². The van der Waals surface area contributed by atoms with Gasteiger partial charge in [-0.25, -0.2) is 13.1 Å². The molecule has 2 rings (SSSR count). The Hall–Kier alpha value is -0.170. The maximum absolute atomic E-state index is 11.4. The second-order valence-electron chi connectivity index (χ2n) is 7.40. The molecule has 10 heteroatoms. The maximum Gasteiger partial charge on any atom is 0.211 e. The molecule has 29 heavy (non-hydrogen) atoms. The molecule has 2 saturated heterocycles. The van der Waals surface area contributed by atoms with Crippen molar-refractivity contribution < 1.29 is 17.9 Å². The number of nitrogens with zero attached hydrogens (tertiary/aromatic N) is 2. The summed E-state index contributed by atoms with van der Waals surface area (Å²) in [5, 5.41) is 3.35. The van der Waals surface area contributed by atoms with Crippen LogP contribution in [0.2, 0.25) is 0 Å². The molecule has 2 N–H and O–H groups in total. The number of aliphatic imine (C=N–C) groups is 1. The summed E-state index contributed by atoms with van der Waals surface area (Å²) in [5.74, 6) is 1.03. The van der Waals surface area contributed by atoms with Crippen LogP contribution < -0.4 is 10.0 Å². The number of nitrogens with one attached hydrogen (secondary N) is 2. The van der Waals surface area contributed by atoms with E-state index in [9.17, 15) is 8.42 Å². The molecule has 1 unspecified atom stereocenters. The van der Waals surface area contributed by atoms with Crippen LogP contribution in [0.4, 0.5) is 0 Å². The fraction of sp³-hybridized carbons (Fsp3) is 0.947. The predicted molar refractivity (Wildman–Crippen MR) is 128 cm³/mol. The summed E-state index contributed by atoms with van der Waals surface area (Å²) in [6, 6.07) is 0. The SMILES string of the molecule is CCNC(=NCCCNS(=O)(=O)CC)N1CCC(OCC2CCCCO2)CC1.I. The van der Waals surface area contributed by atoms with E-state index in [1.54, 1.807) is 6.92 Å². The van der Waals surface area contributed by atoms with Crippen molar-refractivity contribution in [1.82, 2.24) is 14.9 Å². The number of hydrogen-bond donors (Lipinski definition) is 2. The van der Waals surface area contributed by atoms with Crippen LogP contribution in [-0.4, -0.2) is 83.2 Å². The van der Waals surface area contributed by atoms with Crippen molar-refractivity contribution in [2.75, 3.05) is 51.7 Å². The van der Waals surface area contributed by atoms with Crippen molar-refractivity contribution >= 4 is 40.0 Å². The second kappa shape index (κ2) is 14.8. The number of halogens is 1. The van der Waals surface area contributed by atoms with Gasteiger partial charge in [0.2, 0.25) is 10.0 Å². The highest BCUT2D eigenvalue weighted by Gasteiger charge is 2.23. The minimum atomic E-state index is -3.12. The van der Waals surface area contributed by atoms with E-state index in [4.69, 9.17) is 9.47 Å². The van der Waals surface area contributed by atoms with Gasteiger partial charge in [-0.1, -0.05) is 0 Å². The fourth-order valence-electron chi connectivity index (χ4n) is 3.44. The minimum Gasteiger partial charge on any atom is -0.376 e. The van der Waals surface area contributed by atoms with Crippen molar-refractivity contribution in [2.45, 2.75) is 64.6 Å². The van der Waals surface area contributed by atoms with Crippen molar-refractivity contribution in [3.63, 3.8) is 0 Å². The Bertz CT molecular complexity index is 563. The number of likely N-dealkylation sites (tertiary alicyclic amines) is 1. The first kappa shape index (κ1) is 26.9. The van der Waals surface area contributed by atoms with Crippen LogP contribution in [0.3, 0.4) is 0 Å². The molecule has 2 fully saturated rings. The Balaban J connectivity index is 0.00000420. The highest BCUT2D eigenvalue weighted by molar-refractivity contribution is 14.0. The van der Waals surface area contributed by atoms with Gasteiger partial charge in [0.05, 0.1) is 24.6 Å². The number of piperidine rings is 1. The summed E-state index contributed by atoms with van der Waals surface area (Å²) >= 11 is 0. The average molecular weight is 547 g/mol. The van der Waals surface area contributed by atoms with Crippen LogP contribution in [0.15, 0.2) is 4.99 Å². The highest BCUT2D eigenvalue weighted by Crippen LogP contribution is 2.18.